The molecule has 2 aromatic heterocycles. The number of nitrogens with zero attached hydrogens (tertiary/aromatic N) is 2. The summed E-state index contributed by atoms with van der Waals surface area (Å²) >= 11 is 0. The number of H-pyrrole nitrogens is 1. The fourth-order valence-corrected chi connectivity index (χ4v) is 2.74. The van der Waals surface area contributed by atoms with Gasteiger partial charge in [0.05, 0.1) is 0 Å². The molecule has 1 aromatic carbocycles. The van der Waals surface area contributed by atoms with Crippen molar-refractivity contribution in [1.82, 2.24) is 9.97 Å². The second-order valence-electron chi connectivity index (χ2n) is 5.63. The summed E-state index contributed by atoms with van der Waals surface area (Å²) in [6, 6.07) is 12.0. The SMILES string of the molecule is Nc1ccc(-c2cc(N(C=O)C3CC3)nc3[nH]ccc23)cc1. The molecule has 110 valence electrons. The molecule has 3 N–H and O–H groups in total. The molecule has 5 heteroatoms. The molecule has 1 amide bonds. The number of nitrogens with one attached hydrogen (secondary N) is 1. The lowest BCUT2D eigenvalue weighted by Gasteiger charge is -2.17. The molecule has 1 fully saturated rings. The molecule has 0 aliphatic heterocycles. The molecule has 0 saturated heterocycles. The van der Waals surface area contributed by atoms with E-state index in [0.29, 0.717) is 5.82 Å². The van der Waals surface area contributed by atoms with E-state index in [1.807, 2.05) is 42.6 Å². The summed E-state index contributed by atoms with van der Waals surface area (Å²) in [5, 5.41) is 1.04. The largest absolute Gasteiger partial charge is 0.399 e. The summed E-state index contributed by atoms with van der Waals surface area (Å²) in [5.41, 5.74) is 9.40. The molecule has 4 rings (SSSR count). The van der Waals surface area contributed by atoms with Gasteiger partial charge >= 0.3 is 0 Å². The van der Waals surface area contributed by atoms with Crippen LogP contribution < -0.4 is 10.6 Å². The maximum atomic E-state index is 11.4. The Hall–Kier alpha value is -2.82. The number of aromatic nitrogens is 2. The first-order chi connectivity index (χ1) is 10.8. The molecule has 0 atom stereocenters. The van der Waals surface area contributed by atoms with E-state index in [0.717, 1.165) is 47.1 Å². The molecule has 1 saturated carbocycles. The van der Waals surface area contributed by atoms with Gasteiger partial charge in [-0.2, -0.15) is 0 Å². The summed E-state index contributed by atoms with van der Waals surface area (Å²) in [6.07, 6.45) is 4.83. The van der Waals surface area contributed by atoms with E-state index in [2.05, 4.69) is 9.97 Å². The van der Waals surface area contributed by atoms with Crippen molar-refractivity contribution in [2.24, 2.45) is 0 Å². The van der Waals surface area contributed by atoms with Crippen LogP contribution in [0, 0.1) is 0 Å². The number of benzene rings is 1. The minimum Gasteiger partial charge on any atom is -0.399 e. The molecule has 1 aliphatic rings. The fourth-order valence-electron chi connectivity index (χ4n) is 2.74. The third-order valence-corrected chi connectivity index (χ3v) is 4.06. The zero-order chi connectivity index (χ0) is 15.1. The Bertz CT molecular complexity index is 833. The lowest BCUT2D eigenvalue weighted by atomic mass is 10.0. The van der Waals surface area contributed by atoms with Gasteiger partial charge in [0.15, 0.2) is 0 Å². The highest BCUT2D eigenvalue weighted by atomic mass is 16.1. The van der Waals surface area contributed by atoms with Gasteiger partial charge in [-0.25, -0.2) is 4.98 Å². The summed E-state index contributed by atoms with van der Waals surface area (Å²) in [5.74, 6) is 0.694. The molecule has 5 nitrogen and oxygen atoms in total. The monoisotopic (exact) mass is 292 g/mol. The van der Waals surface area contributed by atoms with E-state index in [1.165, 1.54) is 0 Å². The minimum atomic E-state index is 0.289. The first-order valence-corrected chi connectivity index (χ1v) is 7.34. The number of anilines is 2. The number of hydrogen-bond donors (Lipinski definition) is 2. The van der Waals surface area contributed by atoms with Crippen LogP contribution in [0.15, 0.2) is 42.6 Å². The van der Waals surface area contributed by atoms with Gasteiger partial charge in [-0.05, 0) is 48.2 Å². The van der Waals surface area contributed by atoms with Gasteiger partial charge in [-0.15, -0.1) is 0 Å². The van der Waals surface area contributed by atoms with Crippen molar-refractivity contribution in [3.63, 3.8) is 0 Å². The fraction of sp³-hybridized carbons (Fsp3) is 0.176. The molecular formula is C17H16N4O. The molecule has 3 aromatic rings. The van der Waals surface area contributed by atoms with Crippen molar-refractivity contribution in [3.05, 3.63) is 42.6 Å². The molecule has 2 heterocycles. The molecule has 0 radical (unpaired) electrons. The van der Waals surface area contributed by atoms with Crippen molar-refractivity contribution in [2.75, 3.05) is 10.6 Å². The summed E-state index contributed by atoms with van der Waals surface area (Å²) in [7, 11) is 0. The number of carbonyl (C=O) groups excluding carboxylic acids is 1. The molecule has 0 unspecified atom stereocenters. The molecule has 0 bridgehead atoms. The summed E-state index contributed by atoms with van der Waals surface area (Å²) in [6.45, 7) is 0. The first kappa shape index (κ1) is 12.9. The van der Waals surface area contributed by atoms with Crippen molar-refractivity contribution in [2.45, 2.75) is 18.9 Å². The van der Waals surface area contributed by atoms with Gasteiger partial charge in [-0.3, -0.25) is 9.69 Å². The smallest absolute Gasteiger partial charge is 0.215 e. The second kappa shape index (κ2) is 4.87. The number of fused-ring (bicyclic) bond motifs is 1. The lowest BCUT2D eigenvalue weighted by Crippen LogP contribution is -2.24. The Morgan fingerprint density at radius 1 is 1.23 bits per heavy atom. The van der Waals surface area contributed by atoms with Crippen LogP contribution in [0.4, 0.5) is 11.5 Å². The van der Waals surface area contributed by atoms with Gasteiger partial charge in [0.1, 0.15) is 11.5 Å². The number of nitrogen functional groups attached to an aromatic ring is 1. The Kier molecular flexibility index (Phi) is 2.85. The zero-order valence-electron chi connectivity index (χ0n) is 12.0. The number of carbonyl (C=O) groups is 1. The van der Waals surface area contributed by atoms with E-state index < -0.39 is 0 Å². The van der Waals surface area contributed by atoms with E-state index in [1.54, 1.807) is 4.90 Å². The van der Waals surface area contributed by atoms with Gasteiger partial charge < -0.3 is 10.7 Å². The first-order valence-electron chi connectivity index (χ1n) is 7.34. The number of amides is 1. The lowest BCUT2D eigenvalue weighted by molar-refractivity contribution is -0.107. The van der Waals surface area contributed by atoms with Crippen LogP contribution >= 0.6 is 0 Å². The Morgan fingerprint density at radius 3 is 2.68 bits per heavy atom. The van der Waals surface area contributed by atoms with Gasteiger partial charge in [0, 0.05) is 23.3 Å². The normalized spacial score (nSPS) is 14.2. The highest BCUT2D eigenvalue weighted by Crippen LogP contribution is 2.35. The van der Waals surface area contributed by atoms with Gasteiger partial charge in [-0.1, -0.05) is 12.1 Å². The van der Waals surface area contributed by atoms with E-state index in [9.17, 15) is 4.79 Å². The van der Waals surface area contributed by atoms with Crippen LogP contribution in [-0.2, 0) is 4.79 Å². The van der Waals surface area contributed by atoms with Crippen molar-refractivity contribution >= 4 is 28.9 Å². The number of pyridine rings is 1. The van der Waals surface area contributed by atoms with Crippen molar-refractivity contribution in [3.8, 4) is 11.1 Å². The summed E-state index contributed by atoms with van der Waals surface area (Å²) in [4.78, 5) is 20.9. The molecule has 22 heavy (non-hydrogen) atoms. The Morgan fingerprint density at radius 2 is 2.00 bits per heavy atom. The van der Waals surface area contributed by atoms with Crippen LogP contribution in [0.25, 0.3) is 22.2 Å². The van der Waals surface area contributed by atoms with Gasteiger partial charge in [0.25, 0.3) is 0 Å². The quantitative estimate of drug-likeness (QED) is 0.573. The Labute approximate surface area is 127 Å². The minimum absolute atomic E-state index is 0.289. The standard InChI is InChI=1S/C17H16N4O/c18-12-3-1-11(2-4-12)15-9-16(21(10-22)13-5-6-13)20-17-14(15)7-8-19-17/h1-4,7-10,13H,5-6,18H2,(H,19,20). The third-order valence-electron chi connectivity index (χ3n) is 4.06. The Balaban J connectivity index is 1.90. The van der Waals surface area contributed by atoms with Crippen LogP contribution in [-0.4, -0.2) is 22.4 Å². The number of aromatic amines is 1. The van der Waals surface area contributed by atoms with Gasteiger partial charge in [0.2, 0.25) is 6.41 Å². The number of rotatable bonds is 4. The topological polar surface area (TPSA) is 75.0 Å². The van der Waals surface area contributed by atoms with Crippen LogP contribution in [0.3, 0.4) is 0 Å². The number of nitrogens with two attached hydrogens (primary N) is 1. The molecular weight excluding hydrogens is 276 g/mol. The molecule has 0 spiro atoms. The van der Waals surface area contributed by atoms with Crippen LogP contribution in [0.2, 0.25) is 0 Å². The zero-order valence-corrected chi connectivity index (χ0v) is 12.0. The van der Waals surface area contributed by atoms with E-state index >= 15 is 0 Å². The average Bonchev–Trinajstić information content (AvgIpc) is 3.25. The molecule has 1 aliphatic carbocycles. The second-order valence-corrected chi connectivity index (χ2v) is 5.63. The highest BCUT2D eigenvalue weighted by Gasteiger charge is 2.30. The van der Waals surface area contributed by atoms with Crippen molar-refractivity contribution < 1.29 is 4.79 Å². The summed E-state index contributed by atoms with van der Waals surface area (Å²) < 4.78 is 0. The average molecular weight is 292 g/mol. The highest BCUT2D eigenvalue weighted by molar-refractivity contribution is 5.96. The maximum absolute atomic E-state index is 11.4. The van der Waals surface area contributed by atoms with E-state index in [4.69, 9.17) is 5.73 Å². The van der Waals surface area contributed by atoms with E-state index in [-0.39, 0.29) is 6.04 Å². The van der Waals surface area contributed by atoms with Crippen LogP contribution in [0.5, 0.6) is 0 Å². The van der Waals surface area contributed by atoms with Crippen LogP contribution in [0.1, 0.15) is 12.8 Å². The third kappa shape index (κ3) is 2.11. The maximum Gasteiger partial charge on any atom is 0.215 e. The van der Waals surface area contributed by atoms with Crippen molar-refractivity contribution in [1.29, 1.82) is 0 Å². The number of hydrogen-bond acceptors (Lipinski definition) is 3. The predicted molar refractivity (Wildman–Crippen MR) is 87.5 cm³/mol. The predicted octanol–water partition coefficient (Wildman–Crippen LogP) is 2.94.